The molecular formula is C26H23NO5. The fraction of sp³-hybridized carbons (Fsp3) is 0.154. The highest BCUT2D eigenvalue weighted by atomic mass is 16.5. The van der Waals surface area contributed by atoms with Crippen LogP contribution in [0.15, 0.2) is 90.2 Å². The predicted molar refractivity (Wildman–Crippen MR) is 121 cm³/mol. The van der Waals surface area contributed by atoms with E-state index < -0.39 is 17.7 Å². The molecule has 0 aliphatic carbocycles. The Labute approximate surface area is 186 Å². The molecule has 6 heteroatoms. The van der Waals surface area contributed by atoms with Gasteiger partial charge in [0.15, 0.2) is 11.5 Å². The summed E-state index contributed by atoms with van der Waals surface area (Å²) in [5, 5.41) is 20.8. The van der Waals surface area contributed by atoms with Gasteiger partial charge in [0.25, 0.3) is 5.91 Å². The number of aliphatic hydroxyl groups excluding tert-OH is 1. The number of phenols is 1. The number of carbonyl (C=O) groups is 2. The number of ether oxygens (including phenoxy) is 1. The topological polar surface area (TPSA) is 87.1 Å². The van der Waals surface area contributed by atoms with Crippen molar-refractivity contribution < 1.29 is 24.5 Å². The number of aryl methyl sites for hydroxylation is 1. The van der Waals surface area contributed by atoms with Crippen molar-refractivity contribution in [2.75, 3.05) is 12.0 Å². The average Bonchev–Trinajstić information content (AvgIpc) is 3.09. The van der Waals surface area contributed by atoms with E-state index >= 15 is 0 Å². The molecule has 1 unspecified atom stereocenters. The van der Waals surface area contributed by atoms with Crippen molar-refractivity contribution in [1.82, 2.24) is 0 Å². The maximum absolute atomic E-state index is 13.3. The van der Waals surface area contributed by atoms with Crippen molar-refractivity contribution in [2.45, 2.75) is 18.9 Å². The summed E-state index contributed by atoms with van der Waals surface area (Å²) in [5.74, 6) is -1.02. The largest absolute Gasteiger partial charge is 0.508 e. The van der Waals surface area contributed by atoms with Gasteiger partial charge in [0, 0.05) is 18.2 Å². The zero-order valence-corrected chi connectivity index (χ0v) is 17.6. The van der Waals surface area contributed by atoms with E-state index in [1.165, 1.54) is 24.1 Å². The predicted octanol–water partition coefficient (Wildman–Crippen LogP) is 4.50. The third-order valence-electron chi connectivity index (χ3n) is 5.51. The number of anilines is 1. The number of Topliss-reactive ketones (excluding diaryl/α,β-unsaturated/α-hetero) is 1. The van der Waals surface area contributed by atoms with E-state index in [4.69, 9.17) is 4.74 Å². The van der Waals surface area contributed by atoms with E-state index in [0.29, 0.717) is 23.4 Å². The normalized spacial score (nSPS) is 15.8. The highest BCUT2D eigenvalue weighted by molar-refractivity contribution is 6.16. The maximum Gasteiger partial charge on any atom is 0.294 e. The minimum atomic E-state index is -0.870. The van der Waals surface area contributed by atoms with E-state index in [1.807, 2.05) is 30.3 Å². The lowest BCUT2D eigenvalue weighted by Gasteiger charge is -2.27. The van der Waals surface area contributed by atoms with E-state index in [2.05, 4.69) is 0 Å². The number of hydrogen-bond donors (Lipinski definition) is 2. The zero-order valence-electron chi connectivity index (χ0n) is 17.6. The summed E-state index contributed by atoms with van der Waals surface area (Å²) >= 11 is 0. The molecule has 1 aliphatic heterocycles. The van der Waals surface area contributed by atoms with Crippen LogP contribution in [0, 0.1) is 0 Å². The van der Waals surface area contributed by atoms with Gasteiger partial charge in [-0.1, -0.05) is 48.5 Å². The highest BCUT2D eigenvalue weighted by Crippen LogP contribution is 2.42. The van der Waals surface area contributed by atoms with Gasteiger partial charge in [0.05, 0.1) is 18.7 Å². The monoisotopic (exact) mass is 429 g/mol. The molecular weight excluding hydrogens is 406 g/mol. The van der Waals surface area contributed by atoms with Gasteiger partial charge in [-0.05, 0) is 41.8 Å². The number of phenolic OH excluding ortho intramolecular Hbond substituents is 1. The molecule has 6 nitrogen and oxygen atoms in total. The van der Waals surface area contributed by atoms with Gasteiger partial charge in [0.2, 0.25) is 0 Å². The fourth-order valence-corrected chi connectivity index (χ4v) is 3.96. The van der Waals surface area contributed by atoms with Gasteiger partial charge >= 0.3 is 0 Å². The Morgan fingerprint density at radius 2 is 1.72 bits per heavy atom. The van der Waals surface area contributed by atoms with Gasteiger partial charge in [-0.15, -0.1) is 0 Å². The molecule has 0 spiro atoms. The lowest BCUT2D eigenvalue weighted by Crippen LogP contribution is -2.31. The summed E-state index contributed by atoms with van der Waals surface area (Å²) in [5.41, 5.74) is 2.01. The fourth-order valence-electron chi connectivity index (χ4n) is 3.96. The number of rotatable bonds is 7. The van der Waals surface area contributed by atoms with Gasteiger partial charge in [-0.25, -0.2) is 0 Å². The molecule has 162 valence electrons. The van der Waals surface area contributed by atoms with Crippen LogP contribution < -0.4 is 9.64 Å². The first-order valence-electron chi connectivity index (χ1n) is 10.3. The van der Waals surface area contributed by atoms with E-state index in [-0.39, 0.29) is 23.5 Å². The third-order valence-corrected chi connectivity index (χ3v) is 5.51. The second-order valence-corrected chi connectivity index (χ2v) is 7.55. The Balaban J connectivity index is 1.74. The number of amides is 1. The molecule has 0 radical (unpaired) electrons. The van der Waals surface area contributed by atoms with Crippen LogP contribution in [0.25, 0.3) is 0 Å². The minimum Gasteiger partial charge on any atom is -0.508 e. The average molecular weight is 429 g/mol. The summed E-state index contributed by atoms with van der Waals surface area (Å²) < 4.78 is 5.28. The summed E-state index contributed by atoms with van der Waals surface area (Å²) in [6.45, 7) is 0. The quantitative estimate of drug-likeness (QED) is 0.577. The smallest absolute Gasteiger partial charge is 0.294 e. The molecule has 0 fully saturated rings. The van der Waals surface area contributed by atoms with Gasteiger partial charge < -0.3 is 14.9 Å². The number of nitrogens with zero attached hydrogens (tertiary/aromatic N) is 1. The molecule has 0 saturated carbocycles. The molecule has 0 saturated heterocycles. The SMILES string of the molecule is COc1cccc(N2C(=O)C(O)=C(C(=O)CCc3ccccc3)C2c2cccc(O)c2)c1. The van der Waals surface area contributed by atoms with Crippen LogP contribution in [0.5, 0.6) is 11.5 Å². The number of hydrogen-bond acceptors (Lipinski definition) is 5. The molecule has 2 N–H and O–H groups in total. The van der Waals surface area contributed by atoms with Crippen molar-refractivity contribution >= 4 is 17.4 Å². The number of ketones is 1. The molecule has 1 atom stereocenters. The molecule has 1 heterocycles. The Kier molecular flexibility index (Phi) is 5.94. The van der Waals surface area contributed by atoms with E-state index in [0.717, 1.165) is 5.56 Å². The lowest BCUT2D eigenvalue weighted by atomic mass is 9.93. The van der Waals surface area contributed by atoms with Gasteiger partial charge in [-0.3, -0.25) is 14.5 Å². The number of aromatic hydroxyl groups is 1. The van der Waals surface area contributed by atoms with Crippen LogP contribution >= 0.6 is 0 Å². The molecule has 32 heavy (non-hydrogen) atoms. The summed E-state index contributed by atoms with van der Waals surface area (Å²) in [4.78, 5) is 27.7. The second-order valence-electron chi connectivity index (χ2n) is 7.55. The Morgan fingerprint density at radius 3 is 2.44 bits per heavy atom. The molecule has 3 aromatic carbocycles. The van der Waals surface area contributed by atoms with Crippen LogP contribution in [-0.2, 0) is 16.0 Å². The van der Waals surface area contributed by atoms with Crippen molar-refractivity contribution in [2.24, 2.45) is 0 Å². The van der Waals surface area contributed by atoms with Crippen molar-refractivity contribution in [3.63, 3.8) is 0 Å². The minimum absolute atomic E-state index is 0.00279. The molecule has 0 aromatic heterocycles. The highest BCUT2D eigenvalue weighted by Gasteiger charge is 2.44. The number of aliphatic hydroxyl groups is 1. The zero-order chi connectivity index (χ0) is 22.7. The summed E-state index contributed by atoms with van der Waals surface area (Å²) in [7, 11) is 1.52. The van der Waals surface area contributed by atoms with E-state index in [9.17, 15) is 19.8 Å². The first-order chi connectivity index (χ1) is 15.5. The maximum atomic E-state index is 13.3. The van der Waals surface area contributed by atoms with Crippen LogP contribution in [-0.4, -0.2) is 29.0 Å². The van der Waals surface area contributed by atoms with Crippen LogP contribution in [0.1, 0.15) is 23.6 Å². The summed E-state index contributed by atoms with van der Waals surface area (Å²) in [6.07, 6.45) is 0.620. The number of carbonyl (C=O) groups excluding carboxylic acids is 2. The van der Waals surface area contributed by atoms with Gasteiger partial charge in [-0.2, -0.15) is 0 Å². The van der Waals surface area contributed by atoms with Crippen molar-refractivity contribution in [3.05, 3.63) is 101 Å². The van der Waals surface area contributed by atoms with Crippen molar-refractivity contribution in [1.29, 1.82) is 0 Å². The number of methoxy groups -OCH3 is 1. The standard InChI is InChI=1S/C26H23NO5/c1-32-21-12-6-10-19(16-21)27-24(18-9-5-11-20(28)15-18)23(25(30)26(27)31)22(29)14-13-17-7-3-2-4-8-17/h2-12,15-16,24,28,30H,13-14H2,1H3. The number of benzene rings is 3. The van der Waals surface area contributed by atoms with Crippen LogP contribution in [0.4, 0.5) is 5.69 Å². The Hall–Kier alpha value is -4.06. The first kappa shape index (κ1) is 21.2. The Morgan fingerprint density at radius 1 is 0.969 bits per heavy atom. The van der Waals surface area contributed by atoms with Crippen LogP contribution in [0.2, 0.25) is 0 Å². The molecule has 1 aliphatic rings. The third kappa shape index (κ3) is 4.07. The second kappa shape index (κ2) is 8.98. The van der Waals surface area contributed by atoms with Gasteiger partial charge in [0.1, 0.15) is 11.5 Å². The van der Waals surface area contributed by atoms with Crippen LogP contribution in [0.3, 0.4) is 0 Å². The molecule has 0 bridgehead atoms. The molecule has 4 rings (SSSR count). The Bertz CT molecular complexity index is 1190. The molecule has 3 aromatic rings. The first-order valence-corrected chi connectivity index (χ1v) is 10.3. The van der Waals surface area contributed by atoms with Crippen molar-refractivity contribution in [3.8, 4) is 11.5 Å². The lowest BCUT2D eigenvalue weighted by molar-refractivity contribution is -0.118. The summed E-state index contributed by atoms with van der Waals surface area (Å²) in [6, 6.07) is 21.9. The van der Waals surface area contributed by atoms with E-state index in [1.54, 1.807) is 36.4 Å². The molecule has 1 amide bonds.